The van der Waals surface area contributed by atoms with Gasteiger partial charge in [-0.2, -0.15) is 0 Å². The Balaban J connectivity index is 3.48. The maximum atomic E-state index is 12.5. The molecule has 1 amide bonds. The SMILES string of the molecule is CCCCC/C=C\C/C=C\CCCCCCCCCCCC(=O)OCCCCCCCC/C=C\CCCCCCCCCC(=O)NC(CO)C(O)/C=C/CCCCCCCCCCCCCCCCCCCC. The maximum absolute atomic E-state index is 12.5. The predicted molar refractivity (Wildman–Crippen MR) is 319 cm³/mol. The van der Waals surface area contributed by atoms with E-state index in [4.69, 9.17) is 4.74 Å². The Morgan fingerprint density at radius 1 is 0.384 bits per heavy atom. The Hall–Kier alpha value is -2.18. The molecule has 0 saturated carbocycles. The number of allylic oxidation sites excluding steroid dienone is 7. The Labute approximate surface area is 455 Å². The lowest BCUT2D eigenvalue weighted by Crippen LogP contribution is -2.45. The molecule has 0 aromatic heterocycles. The van der Waals surface area contributed by atoms with Crippen LogP contribution in [0.4, 0.5) is 0 Å². The van der Waals surface area contributed by atoms with Gasteiger partial charge >= 0.3 is 5.97 Å². The molecule has 0 aromatic rings. The van der Waals surface area contributed by atoms with Gasteiger partial charge in [0.1, 0.15) is 0 Å². The van der Waals surface area contributed by atoms with Gasteiger partial charge in [-0.15, -0.1) is 0 Å². The van der Waals surface area contributed by atoms with Gasteiger partial charge in [-0.3, -0.25) is 9.59 Å². The van der Waals surface area contributed by atoms with Gasteiger partial charge in [0, 0.05) is 12.8 Å². The van der Waals surface area contributed by atoms with Gasteiger partial charge in [0.05, 0.1) is 25.4 Å². The summed E-state index contributed by atoms with van der Waals surface area (Å²) in [6.45, 7) is 4.88. The first kappa shape index (κ1) is 70.8. The topological polar surface area (TPSA) is 95.9 Å². The number of hydrogen-bond donors (Lipinski definition) is 3. The van der Waals surface area contributed by atoms with Crippen LogP contribution in [0.1, 0.15) is 341 Å². The molecule has 6 nitrogen and oxygen atoms in total. The molecule has 0 fully saturated rings. The minimum absolute atomic E-state index is 0.00640. The van der Waals surface area contributed by atoms with Crippen LogP contribution in [0.3, 0.4) is 0 Å². The van der Waals surface area contributed by atoms with Crippen molar-refractivity contribution in [3.05, 3.63) is 48.6 Å². The highest BCUT2D eigenvalue weighted by molar-refractivity contribution is 5.76. The number of carbonyl (C=O) groups excluding carboxylic acids is 2. The van der Waals surface area contributed by atoms with E-state index in [1.807, 2.05) is 6.08 Å². The molecule has 0 bridgehead atoms. The van der Waals surface area contributed by atoms with Crippen molar-refractivity contribution in [2.24, 2.45) is 0 Å². The number of unbranched alkanes of at least 4 members (excludes halogenated alkanes) is 43. The molecular weight excluding hydrogens is 899 g/mol. The number of nitrogens with one attached hydrogen (secondary N) is 1. The summed E-state index contributed by atoms with van der Waals surface area (Å²) in [5, 5.41) is 23.2. The van der Waals surface area contributed by atoms with Crippen LogP contribution < -0.4 is 5.32 Å². The Morgan fingerprint density at radius 3 is 1.08 bits per heavy atom. The van der Waals surface area contributed by atoms with Crippen molar-refractivity contribution in [1.29, 1.82) is 0 Å². The van der Waals surface area contributed by atoms with Crippen molar-refractivity contribution in [1.82, 2.24) is 5.32 Å². The minimum Gasteiger partial charge on any atom is -0.466 e. The van der Waals surface area contributed by atoms with Crippen molar-refractivity contribution >= 4 is 11.9 Å². The average Bonchev–Trinajstić information content (AvgIpc) is 3.39. The summed E-state index contributed by atoms with van der Waals surface area (Å²) in [6, 6.07) is -0.639. The summed E-state index contributed by atoms with van der Waals surface area (Å²) in [5.41, 5.74) is 0. The second kappa shape index (κ2) is 62.4. The molecule has 0 aliphatic rings. The number of rotatable bonds is 60. The van der Waals surface area contributed by atoms with Gasteiger partial charge in [0.15, 0.2) is 0 Å². The first-order valence-corrected chi connectivity index (χ1v) is 32.4. The smallest absolute Gasteiger partial charge is 0.305 e. The molecule has 428 valence electrons. The van der Waals surface area contributed by atoms with E-state index in [-0.39, 0.29) is 18.5 Å². The van der Waals surface area contributed by atoms with Crippen molar-refractivity contribution in [3.63, 3.8) is 0 Å². The zero-order valence-corrected chi connectivity index (χ0v) is 48.9. The molecule has 2 unspecified atom stereocenters. The van der Waals surface area contributed by atoms with Crippen LogP contribution in [0.2, 0.25) is 0 Å². The average molecular weight is 1020 g/mol. The predicted octanol–water partition coefficient (Wildman–Crippen LogP) is 20.5. The van der Waals surface area contributed by atoms with Crippen LogP contribution in [-0.4, -0.2) is 47.4 Å². The molecule has 0 saturated heterocycles. The largest absolute Gasteiger partial charge is 0.466 e. The van der Waals surface area contributed by atoms with Gasteiger partial charge in [0.2, 0.25) is 5.91 Å². The molecule has 0 heterocycles. The van der Waals surface area contributed by atoms with E-state index in [1.54, 1.807) is 6.08 Å². The van der Waals surface area contributed by atoms with E-state index in [2.05, 4.69) is 55.6 Å². The lowest BCUT2D eigenvalue weighted by molar-refractivity contribution is -0.143. The van der Waals surface area contributed by atoms with Crippen molar-refractivity contribution in [2.45, 2.75) is 353 Å². The summed E-state index contributed by atoms with van der Waals surface area (Å²) in [5.74, 6) is -0.0845. The third kappa shape index (κ3) is 58.9. The van der Waals surface area contributed by atoms with Crippen molar-refractivity contribution in [2.75, 3.05) is 13.2 Å². The van der Waals surface area contributed by atoms with Crippen molar-refractivity contribution < 1.29 is 24.5 Å². The van der Waals surface area contributed by atoms with Crippen LogP contribution in [0.25, 0.3) is 0 Å². The van der Waals surface area contributed by atoms with Crippen LogP contribution in [-0.2, 0) is 14.3 Å². The molecule has 0 spiro atoms. The van der Waals surface area contributed by atoms with Crippen LogP contribution in [0.5, 0.6) is 0 Å². The van der Waals surface area contributed by atoms with E-state index in [9.17, 15) is 19.8 Å². The molecule has 6 heteroatoms. The molecule has 73 heavy (non-hydrogen) atoms. The molecule has 2 atom stereocenters. The van der Waals surface area contributed by atoms with Gasteiger partial charge in [-0.25, -0.2) is 0 Å². The number of hydrogen-bond acceptors (Lipinski definition) is 5. The summed E-state index contributed by atoms with van der Waals surface area (Å²) in [7, 11) is 0. The second-order valence-electron chi connectivity index (χ2n) is 22.1. The highest BCUT2D eigenvalue weighted by Crippen LogP contribution is 2.17. The number of aliphatic hydroxyl groups is 2. The molecular formula is C67H125NO5. The van der Waals surface area contributed by atoms with E-state index in [0.29, 0.717) is 19.4 Å². The van der Waals surface area contributed by atoms with Gasteiger partial charge < -0.3 is 20.3 Å². The number of esters is 1. The van der Waals surface area contributed by atoms with E-state index < -0.39 is 12.1 Å². The summed E-state index contributed by atoms with van der Waals surface area (Å²) in [4.78, 5) is 24.6. The highest BCUT2D eigenvalue weighted by Gasteiger charge is 2.18. The zero-order chi connectivity index (χ0) is 52.9. The zero-order valence-electron chi connectivity index (χ0n) is 48.9. The normalized spacial score (nSPS) is 12.9. The Morgan fingerprint density at radius 2 is 0.685 bits per heavy atom. The molecule has 0 radical (unpaired) electrons. The molecule has 0 rings (SSSR count). The molecule has 3 N–H and O–H groups in total. The summed E-state index contributed by atoms with van der Waals surface area (Å²) in [6.07, 6.45) is 80.1. The number of amides is 1. The van der Waals surface area contributed by atoms with Gasteiger partial charge in [-0.1, -0.05) is 287 Å². The fraction of sp³-hybridized carbons (Fsp3) is 0.851. The Kier molecular flexibility index (Phi) is 60.5. The van der Waals surface area contributed by atoms with Crippen molar-refractivity contribution in [3.8, 4) is 0 Å². The van der Waals surface area contributed by atoms with Gasteiger partial charge in [-0.05, 0) is 89.9 Å². The summed E-state index contributed by atoms with van der Waals surface area (Å²) >= 11 is 0. The third-order valence-corrected chi connectivity index (χ3v) is 14.8. The first-order chi connectivity index (χ1) is 36.0. The van der Waals surface area contributed by atoms with Crippen LogP contribution in [0.15, 0.2) is 48.6 Å². The fourth-order valence-corrected chi connectivity index (χ4v) is 9.84. The lowest BCUT2D eigenvalue weighted by Gasteiger charge is -2.20. The van der Waals surface area contributed by atoms with E-state index in [0.717, 1.165) is 64.2 Å². The quantitative estimate of drug-likeness (QED) is 0.0320. The second-order valence-corrected chi connectivity index (χ2v) is 22.1. The minimum atomic E-state index is -0.854. The van der Waals surface area contributed by atoms with E-state index >= 15 is 0 Å². The standard InChI is InChI=1S/C67H125NO5/c1-3-5-7-9-11-13-15-17-19-21-23-25-27-31-35-39-43-47-51-55-59-65(70)64(63-69)68-66(71)60-56-52-48-44-40-36-32-28-26-30-34-38-42-46-50-54-58-62-73-67(72)61-57-53-49-45-41-37-33-29-24-22-20-18-16-14-12-10-8-6-4-2/h12,14,18,20,26,30,55,59,64-65,69-70H,3-11,13,15-17,19,21-25,27-29,31-54,56-58,60-63H2,1-2H3,(H,68,71)/b14-12-,20-18-,30-26-,59-55+. The monoisotopic (exact) mass is 1020 g/mol. The van der Waals surface area contributed by atoms with Gasteiger partial charge in [0.25, 0.3) is 0 Å². The summed E-state index contributed by atoms with van der Waals surface area (Å²) < 4.78 is 5.49. The highest BCUT2D eigenvalue weighted by atomic mass is 16.5. The fourth-order valence-electron chi connectivity index (χ4n) is 9.84. The maximum Gasteiger partial charge on any atom is 0.305 e. The lowest BCUT2D eigenvalue weighted by atomic mass is 10.0. The number of aliphatic hydroxyl groups excluding tert-OH is 2. The van der Waals surface area contributed by atoms with Crippen LogP contribution in [0, 0.1) is 0 Å². The first-order valence-electron chi connectivity index (χ1n) is 32.4. The number of carbonyl (C=O) groups is 2. The number of ether oxygens (including phenoxy) is 1. The van der Waals surface area contributed by atoms with Crippen LogP contribution >= 0.6 is 0 Å². The molecule has 0 aliphatic carbocycles. The third-order valence-electron chi connectivity index (χ3n) is 14.8. The Bertz CT molecular complexity index is 1230. The van der Waals surface area contributed by atoms with E-state index in [1.165, 1.54) is 250 Å². The molecule has 0 aliphatic heterocycles. The molecule has 0 aromatic carbocycles.